The van der Waals surface area contributed by atoms with Crippen LogP contribution in [0.5, 0.6) is 0 Å². The average Bonchev–Trinajstić information content (AvgIpc) is 3.20. The fraction of sp³-hybridized carbons (Fsp3) is 0.938. The Balaban J connectivity index is 1.77. The molecule has 0 aliphatic heterocycles. The van der Waals surface area contributed by atoms with Crippen LogP contribution in [0.15, 0.2) is 0 Å². The van der Waals surface area contributed by atoms with Gasteiger partial charge in [-0.1, -0.05) is 19.8 Å². The lowest BCUT2D eigenvalue weighted by Crippen LogP contribution is -2.46. The molecule has 108 valence electrons. The van der Waals surface area contributed by atoms with E-state index in [9.17, 15) is 5.26 Å². The molecule has 2 aliphatic carbocycles. The second-order valence-corrected chi connectivity index (χ2v) is 7.02. The third-order valence-electron chi connectivity index (χ3n) is 4.84. The first-order chi connectivity index (χ1) is 9.02. The molecule has 2 rings (SSSR count). The van der Waals surface area contributed by atoms with Crippen molar-refractivity contribution in [3.05, 3.63) is 0 Å². The van der Waals surface area contributed by atoms with Gasteiger partial charge in [-0.3, -0.25) is 5.32 Å². The van der Waals surface area contributed by atoms with E-state index >= 15 is 0 Å². The van der Waals surface area contributed by atoms with E-state index in [0.29, 0.717) is 6.04 Å². The van der Waals surface area contributed by atoms with Gasteiger partial charge in [0.05, 0.1) is 6.07 Å². The maximum Gasteiger partial charge on any atom is 0.105 e. The number of nitriles is 1. The van der Waals surface area contributed by atoms with Gasteiger partial charge in [0, 0.05) is 18.6 Å². The van der Waals surface area contributed by atoms with Gasteiger partial charge < -0.3 is 4.90 Å². The molecule has 0 amide bonds. The van der Waals surface area contributed by atoms with Crippen LogP contribution in [0.4, 0.5) is 0 Å². The van der Waals surface area contributed by atoms with Crippen molar-refractivity contribution in [1.29, 1.82) is 5.26 Å². The zero-order valence-corrected chi connectivity index (χ0v) is 12.8. The molecule has 2 aliphatic rings. The van der Waals surface area contributed by atoms with Crippen molar-refractivity contribution in [3.63, 3.8) is 0 Å². The summed E-state index contributed by atoms with van der Waals surface area (Å²) in [6.45, 7) is 5.46. The van der Waals surface area contributed by atoms with Crippen LogP contribution in [-0.4, -0.2) is 36.1 Å². The van der Waals surface area contributed by atoms with Crippen LogP contribution in [0.25, 0.3) is 0 Å². The van der Waals surface area contributed by atoms with Crippen LogP contribution in [0.3, 0.4) is 0 Å². The SMILES string of the molecule is CC1CCCC(N(C)CCC(C)(C#N)NC2CC2)C1. The van der Waals surface area contributed by atoms with Crippen LogP contribution >= 0.6 is 0 Å². The van der Waals surface area contributed by atoms with Gasteiger partial charge >= 0.3 is 0 Å². The van der Waals surface area contributed by atoms with Crippen LogP contribution < -0.4 is 5.32 Å². The topological polar surface area (TPSA) is 39.1 Å². The Morgan fingerprint density at radius 1 is 1.32 bits per heavy atom. The summed E-state index contributed by atoms with van der Waals surface area (Å²) in [5, 5.41) is 12.9. The first kappa shape index (κ1) is 14.8. The molecule has 0 aromatic carbocycles. The van der Waals surface area contributed by atoms with Gasteiger partial charge in [0.15, 0.2) is 0 Å². The Bertz CT molecular complexity index is 331. The standard InChI is InChI=1S/C16H29N3/c1-13-5-4-6-15(11-13)19(3)10-9-16(2,12-17)18-14-7-8-14/h13-15,18H,4-11H2,1-3H3. The Morgan fingerprint density at radius 2 is 2.05 bits per heavy atom. The van der Waals surface area contributed by atoms with Gasteiger partial charge in [-0.25, -0.2) is 0 Å². The molecule has 0 aromatic rings. The molecule has 0 spiro atoms. The van der Waals surface area contributed by atoms with Gasteiger partial charge in [0.1, 0.15) is 5.54 Å². The molecule has 3 atom stereocenters. The maximum absolute atomic E-state index is 9.40. The number of hydrogen-bond donors (Lipinski definition) is 1. The number of nitrogens with one attached hydrogen (secondary N) is 1. The van der Waals surface area contributed by atoms with Crippen molar-refractivity contribution in [2.75, 3.05) is 13.6 Å². The fourth-order valence-corrected chi connectivity index (χ4v) is 3.22. The van der Waals surface area contributed by atoms with Crippen molar-refractivity contribution >= 4 is 0 Å². The summed E-state index contributed by atoms with van der Waals surface area (Å²) >= 11 is 0. The first-order valence-electron chi connectivity index (χ1n) is 7.91. The predicted molar refractivity (Wildman–Crippen MR) is 78.8 cm³/mol. The summed E-state index contributed by atoms with van der Waals surface area (Å²) in [6.07, 6.45) is 8.84. The smallest absolute Gasteiger partial charge is 0.105 e. The molecular formula is C16H29N3. The van der Waals surface area contributed by atoms with Crippen molar-refractivity contribution in [2.45, 2.75) is 76.4 Å². The maximum atomic E-state index is 9.40. The summed E-state index contributed by atoms with van der Waals surface area (Å²) in [7, 11) is 2.23. The average molecular weight is 263 g/mol. The fourth-order valence-electron chi connectivity index (χ4n) is 3.22. The summed E-state index contributed by atoms with van der Waals surface area (Å²) in [5.74, 6) is 0.869. The molecule has 0 radical (unpaired) electrons. The van der Waals surface area contributed by atoms with E-state index in [-0.39, 0.29) is 5.54 Å². The highest BCUT2D eigenvalue weighted by Crippen LogP contribution is 2.28. The Kier molecular flexibility index (Phi) is 4.86. The quantitative estimate of drug-likeness (QED) is 0.801. The zero-order chi connectivity index (χ0) is 13.9. The molecule has 2 fully saturated rings. The number of rotatable bonds is 6. The van der Waals surface area contributed by atoms with E-state index in [1.807, 2.05) is 0 Å². The third-order valence-corrected chi connectivity index (χ3v) is 4.84. The lowest BCUT2D eigenvalue weighted by atomic mass is 9.86. The molecule has 0 saturated heterocycles. The monoisotopic (exact) mass is 263 g/mol. The van der Waals surface area contributed by atoms with Gasteiger partial charge in [0.25, 0.3) is 0 Å². The predicted octanol–water partition coefficient (Wildman–Crippen LogP) is 2.92. The van der Waals surface area contributed by atoms with Gasteiger partial charge in [-0.2, -0.15) is 5.26 Å². The first-order valence-corrected chi connectivity index (χ1v) is 7.91. The van der Waals surface area contributed by atoms with Crippen LogP contribution in [0.2, 0.25) is 0 Å². The molecule has 0 aromatic heterocycles. The molecule has 0 heterocycles. The van der Waals surface area contributed by atoms with Gasteiger partial charge in [0.2, 0.25) is 0 Å². The molecule has 3 unspecified atom stereocenters. The minimum Gasteiger partial charge on any atom is -0.303 e. The van der Waals surface area contributed by atoms with Gasteiger partial charge in [-0.05, 0) is 52.0 Å². The Morgan fingerprint density at radius 3 is 2.63 bits per heavy atom. The van der Waals surface area contributed by atoms with Crippen molar-refractivity contribution in [1.82, 2.24) is 10.2 Å². The highest BCUT2D eigenvalue weighted by molar-refractivity contribution is 5.07. The Hall–Kier alpha value is -0.590. The second-order valence-electron chi connectivity index (χ2n) is 7.02. The molecule has 2 saturated carbocycles. The third kappa shape index (κ3) is 4.47. The van der Waals surface area contributed by atoms with Gasteiger partial charge in [-0.15, -0.1) is 0 Å². The summed E-state index contributed by atoms with van der Waals surface area (Å²) < 4.78 is 0. The molecular weight excluding hydrogens is 234 g/mol. The minimum absolute atomic E-state index is 0.338. The lowest BCUT2D eigenvalue weighted by Gasteiger charge is -2.35. The van der Waals surface area contributed by atoms with E-state index in [1.165, 1.54) is 38.5 Å². The lowest BCUT2D eigenvalue weighted by molar-refractivity contribution is 0.154. The highest BCUT2D eigenvalue weighted by Gasteiger charge is 2.33. The highest BCUT2D eigenvalue weighted by atomic mass is 15.1. The van der Waals surface area contributed by atoms with E-state index < -0.39 is 0 Å². The molecule has 3 nitrogen and oxygen atoms in total. The van der Waals surface area contributed by atoms with Crippen LogP contribution in [0.1, 0.15) is 58.8 Å². The van der Waals surface area contributed by atoms with Crippen LogP contribution in [0, 0.1) is 17.2 Å². The van der Waals surface area contributed by atoms with E-state index in [2.05, 4.69) is 37.2 Å². The molecule has 1 N–H and O–H groups in total. The largest absolute Gasteiger partial charge is 0.303 e. The summed E-state index contributed by atoms with van der Waals surface area (Å²) in [6, 6.07) is 3.81. The van der Waals surface area contributed by atoms with E-state index in [4.69, 9.17) is 0 Å². The zero-order valence-electron chi connectivity index (χ0n) is 12.8. The molecule has 19 heavy (non-hydrogen) atoms. The molecule has 3 heteroatoms. The van der Waals surface area contributed by atoms with E-state index in [1.54, 1.807) is 0 Å². The number of nitrogens with zero attached hydrogens (tertiary/aromatic N) is 2. The van der Waals surface area contributed by atoms with Crippen molar-refractivity contribution < 1.29 is 0 Å². The normalized spacial score (nSPS) is 30.9. The summed E-state index contributed by atoms with van der Waals surface area (Å²) in [5.41, 5.74) is -0.338. The summed E-state index contributed by atoms with van der Waals surface area (Å²) in [4.78, 5) is 2.49. The minimum atomic E-state index is -0.338. The van der Waals surface area contributed by atoms with Crippen molar-refractivity contribution in [3.8, 4) is 6.07 Å². The second kappa shape index (κ2) is 6.24. The number of hydrogen-bond acceptors (Lipinski definition) is 3. The van der Waals surface area contributed by atoms with Crippen LogP contribution in [-0.2, 0) is 0 Å². The van der Waals surface area contributed by atoms with Crippen molar-refractivity contribution in [2.24, 2.45) is 5.92 Å². The van der Waals surface area contributed by atoms with E-state index in [0.717, 1.165) is 24.9 Å². The molecule has 0 bridgehead atoms. The Labute approximate surface area is 118 Å².